The van der Waals surface area contributed by atoms with Gasteiger partial charge in [-0.15, -0.1) is 0 Å². The first-order valence-corrected chi connectivity index (χ1v) is 8.33. The summed E-state index contributed by atoms with van der Waals surface area (Å²) in [5.41, 5.74) is -0.525. The topological polar surface area (TPSA) is 66.8 Å². The normalized spacial score (nSPS) is 14.6. The van der Waals surface area contributed by atoms with E-state index >= 15 is 0 Å². The van der Waals surface area contributed by atoms with Crippen molar-refractivity contribution in [2.45, 2.75) is 25.8 Å². The molecule has 0 unspecified atom stereocenters. The van der Waals surface area contributed by atoms with Gasteiger partial charge >= 0.3 is 6.18 Å². The number of nitrogens with zero attached hydrogens (tertiary/aromatic N) is 4. The third kappa shape index (κ3) is 3.15. The van der Waals surface area contributed by atoms with Gasteiger partial charge in [-0.25, -0.2) is 9.07 Å². The van der Waals surface area contributed by atoms with Crippen molar-refractivity contribution in [3.63, 3.8) is 0 Å². The van der Waals surface area contributed by atoms with Crippen LogP contribution in [0.3, 0.4) is 0 Å². The molecule has 1 N–H and O–H groups in total. The van der Waals surface area contributed by atoms with Crippen LogP contribution in [0.1, 0.15) is 23.2 Å². The molecular formula is C17H15F4N5O. The molecule has 0 bridgehead atoms. The third-order valence-corrected chi connectivity index (χ3v) is 4.56. The van der Waals surface area contributed by atoms with Crippen LogP contribution in [0.15, 0.2) is 29.1 Å². The number of H-pyrrole nitrogens is 1. The lowest BCUT2D eigenvalue weighted by molar-refractivity contribution is -0.137. The summed E-state index contributed by atoms with van der Waals surface area (Å²) in [7, 11) is 0. The molecule has 0 spiro atoms. The Kier molecular flexibility index (Phi) is 4.12. The number of hydrogen-bond acceptors (Lipinski definition) is 4. The molecule has 2 aromatic heterocycles. The third-order valence-electron chi connectivity index (χ3n) is 4.56. The van der Waals surface area contributed by atoms with Crippen LogP contribution in [-0.4, -0.2) is 32.8 Å². The predicted molar refractivity (Wildman–Crippen MR) is 90.3 cm³/mol. The number of aromatic nitrogens is 4. The molecule has 3 heterocycles. The van der Waals surface area contributed by atoms with E-state index in [2.05, 4.69) is 15.1 Å². The van der Waals surface area contributed by atoms with Gasteiger partial charge in [-0.2, -0.15) is 23.3 Å². The van der Waals surface area contributed by atoms with E-state index in [1.54, 1.807) is 0 Å². The Labute approximate surface area is 150 Å². The second-order valence-electron chi connectivity index (χ2n) is 6.36. The fraction of sp³-hybridized carbons (Fsp3) is 0.353. The first-order valence-electron chi connectivity index (χ1n) is 8.33. The van der Waals surface area contributed by atoms with Gasteiger partial charge in [0.05, 0.1) is 12.1 Å². The summed E-state index contributed by atoms with van der Waals surface area (Å²) in [5, 5.41) is 4.16. The SMILES string of the molecule is O=c1[nH]c(N2CCC2)nc2c1c(CF)nn2Cc1ccc(C(F)(F)F)cc1. The maximum Gasteiger partial charge on any atom is 0.416 e. The number of hydrogen-bond donors (Lipinski definition) is 1. The highest BCUT2D eigenvalue weighted by atomic mass is 19.4. The summed E-state index contributed by atoms with van der Waals surface area (Å²) in [6.45, 7) is 0.657. The minimum atomic E-state index is -4.42. The standard InChI is InChI=1S/C17H15F4N5O/c18-8-12-13-14(22-16(23-15(13)27)25-6-1-7-25)26(24-12)9-10-2-4-11(5-3-10)17(19,20)21/h2-5H,1,6-9H2,(H,22,23,27). The van der Waals surface area contributed by atoms with Crippen LogP contribution in [0.4, 0.5) is 23.5 Å². The molecule has 1 saturated heterocycles. The van der Waals surface area contributed by atoms with E-state index in [4.69, 9.17) is 0 Å². The summed E-state index contributed by atoms with van der Waals surface area (Å²) in [5.74, 6) is 0.387. The monoisotopic (exact) mass is 381 g/mol. The molecule has 142 valence electrons. The van der Waals surface area contributed by atoms with Crippen molar-refractivity contribution in [2.75, 3.05) is 18.0 Å². The van der Waals surface area contributed by atoms with Crippen LogP contribution >= 0.6 is 0 Å². The Balaban J connectivity index is 1.74. The second kappa shape index (κ2) is 6.36. The van der Waals surface area contributed by atoms with Crippen molar-refractivity contribution in [3.05, 3.63) is 51.4 Å². The number of nitrogens with one attached hydrogen (secondary N) is 1. The quantitative estimate of drug-likeness (QED) is 0.706. The molecule has 1 fully saturated rings. The zero-order valence-electron chi connectivity index (χ0n) is 14.1. The average Bonchev–Trinajstić information content (AvgIpc) is 2.91. The molecule has 10 heteroatoms. The van der Waals surface area contributed by atoms with Gasteiger partial charge in [-0.3, -0.25) is 9.78 Å². The molecule has 0 radical (unpaired) electrons. The second-order valence-corrected chi connectivity index (χ2v) is 6.36. The number of alkyl halides is 4. The van der Waals surface area contributed by atoms with Gasteiger partial charge in [0.25, 0.3) is 5.56 Å². The molecule has 4 rings (SSSR count). The van der Waals surface area contributed by atoms with Gasteiger partial charge in [0, 0.05) is 13.1 Å². The van der Waals surface area contributed by atoms with E-state index in [0.717, 1.165) is 31.6 Å². The molecule has 3 aromatic rings. The van der Waals surface area contributed by atoms with Crippen molar-refractivity contribution in [1.29, 1.82) is 0 Å². The van der Waals surface area contributed by atoms with Gasteiger partial charge in [0.2, 0.25) is 5.95 Å². The first kappa shape index (κ1) is 17.5. The summed E-state index contributed by atoms with van der Waals surface area (Å²) >= 11 is 0. The molecule has 0 atom stereocenters. The van der Waals surface area contributed by atoms with Gasteiger partial charge in [-0.1, -0.05) is 12.1 Å². The van der Waals surface area contributed by atoms with E-state index in [1.165, 1.54) is 16.8 Å². The van der Waals surface area contributed by atoms with Gasteiger partial charge < -0.3 is 4.90 Å². The maximum absolute atomic E-state index is 13.3. The van der Waals surface area contributed by atoms with Crippen molar-refractivity contribution in [1.82, 2.24) is 19.7 Å². The molecule has 1 aliphatic heterocycles. The van der Waals surface area contributed by atoms with Crippen LogP contribution < -0.4 is 10.5 Å². The Bertz CT molecular complexity index is 1030. The number of benzene rings is 1. The summed E-state index contributed by atoms with van der Waals surface area (Å²) in [6.07, 6.45) is -3.43. The highest BCUT2D eigenvalue weighted by Gasteiger charge is 2.30. The van der Waals surface area contributed by atoms with Crippen molar-refractivity contribution in [2.24, 2.45) is 0 Å². The summed E-state index contributed by atoms with van der Waals surface area (Å²) in [6, 6.07) is 4.61. The van der Waals surface area contributed by atoms with Crippen LogP contribution in [0, 0.1) is 0 Å². The van der Waals surface area contributed by atoms with Crippen molar-refractivity contribution < 1.29 is 17.6 Å². The summed E-state index contributed by atoms with van der Waals surface area (Å²) < 4.78 is 52.8. The van der Waals surface area contributed by atoms with Gasteiger partial charge in [-0.05, 0) is 24.1 Å². The molecule has 0 amide bonds. The lowest BCUT2D eigenvalue weighted by Crippen LogP contribution is -2.39. The van der Waals surface area contributed by atoms with Crippen molar-refractivity contribution in [3.8, 4) is 0 Å². The summed E-state index contributed by atoms with van der Waals surface area (Å²) in [4.78, 5) is 21.3. The zero-order valence-corrected chi connectivity index (χ0v) is 14.1. The Morgan fingerprint density at radius 2 is 1.85 bits per heavy atom. The van der Waals surface area contributed by atoms with Crippen molar-refractivity contribution >= 4 is 17.0 Å². The Morgan fingerprint density at radius 3 is 2.41 bits per heavy atom. The van der Waals surface area contributed by atoms with Gasteiger partial charge in [0.15, 0.2) is 5.65 Å². The highest BCUT2D eigenvalue weighted by Crippen LogP contribution is 2.29. The molecule has 1 aromatic carbocycles. The van der Waals surface area contributed by atoms with Crippen LogP contribution in [0.5, 0.6) is 0 Å². The van der Waals surface area contributed by atoms with Crippen LogP contribution in [-0.2, 0) is 19.4 Å². The zero-order chi connectivity index (χ0) is 19.2. The Morgan fingerprint density at radius 1 is 1.15 bits per heavy atom. The smallest absolute Gasteiger partial charge is 0.342 e. The molecule has 0 saturated carbocycles. The van der Waals surface area contributed by atoms with Gasteiger partial charge in [0.1, 0.15) is 17.8 Å². The minimum Gasteiger partial charge on any atom is -0.342 e. The van der Waals surface area contributed by atoms with Crippen LogP contribution in [0.25, 0.3) is 11.0 Å². The van der Waals surface area contributed by atoms with E-state index in [1.807, 2.05) is 4.90 Å². The molecular weight excluding hydrogens is 366 g/mol. The molecule has 0 aliphatic carbocycles. The largest absolute Gasteiger partial charge is 0.416 e. The number of anilines is 1. The maximum atomic E-state index is 13.3. The lowest BCUT2D eigenvalue weighted by atomic mass is 10.1. The van der Waals surface area contributed by atoms with Crippen LogP contribution in [0.2, 0.25) is 0 Å². The first-order chi connectivity index (χ1) is 12.9. The van der Waals surface area contributed by atoms with E-state index in [9.17, 15) is 22.4 Å². The molecule has 6 nitrogen and oxygen atoms in total. The number of fused-ring (bicyclic) bond motifs is 1. The fourth-order valence-corrected chi connectivity index (χ4v) is 2.99. The lowest BCUT2D eigenvalue weighted by Gasteiger charge is -2.31. The number of rotatable bonds is 4. The predicted octanol–water partition coefficient (Wildman–Crippen LogP) is 2.87. The van der Waals surface area contributed by atoms with E-state index in [-0.39, 0.29) is 23.3 Å². The number of halogens is 4. The molecule has 1 aliphatic rings. The highest BCUT2D eigenvalue weighted by molar-refractivity contribution is 5.78. The number of aromatic amines is 1. The van der Waals surface area contributed by atoms with E-state index in [0.29, 0.717) is 11.5 Å². The minimum absolute atomic E-state index is 0.0409. The molecule has 27 heavy (non-hydrogen) atoms. The Hall–Kier alpha value is -2.91. The average molecular weight is 381 g/mol. The van der Waals surface area contributed by atoms with E-state index < -0.39 is 24.0 Å². The fourth-order valence-electron chi connectivity index (χ4n) is 2.99.